The monoisotopic (exact) mass is 424 g/mol. The first kappa shape index (κ1) is 22.5. The van der Waals surface area contributed by atoms with Gasteiger partial charge < -0.3 is 5.11 Å². The third kappa shape index (κ3) is 4.95. The van der Waals surface area contributed by atoms with Crippen molar-refractivity contribution >= 4 is 5.97 Å². The van der Waals surface area contributed by atoms with Gasteiger partial charge in [0, 0.05) is 6.54 Å². The van der Waals surface area contributed by atoms with Crippen LogP contribution in [0.2, 0.25) is 0 Å². The predicted molar refractivity (Wildman–Crippen MR) is 120 cm³/mol. The number of carboxylic acids is 1. The molecule has 1 heterocycles. The zero-order valence-corrected chi connectivity index (χ0v) is 18.1. The van der Waals surface area contributed by atoms with Crippen molar-refractivity contribution in [2.24, 2.45) is 0 Å². The van der Waals surface area contributed by atoms with Crippen LogP contribution in [0.4, 0.5) is 4.39 Å². The van der Waals surface area contributed by atoms with Gasteiger partial charge in [-0.1, -0.05) is 69.2 Å². The third-order valence-electron chi connectivity index (χ3n) is 5.51. The van der Waals surface area contributed by atoms with E-state index in [0.717, 1.165) is 31.2 Å². The molecular weight excluding hydrogens is 395 g/mol. The molecule has 0 aliphatic rings. The molecule has 0 fully saturated rings. The molecular formula is C25H29FN2O3. The van der Waals surface area contributed by atoms with Gasteiger partial charge in [0.25, 0.3) is 0 Å². The van der Waals surface area contributed by atoms with Gasteiger partial charge in [-0.15, -0.1) is 0 Å². The van der Waals surface area contributed by atoms with Crippen molar-refractivity contribution in [3.8, 4) is 11.1 Å². The van der Waals surface area contributed by atoms with Crippen LogP contribution in [0.15, 0.2) is 53.3 Å². The van der Waals surface area contributed by atoms with Crippen LogP contribution in [0.25, 0.3) is 11.1 Å². The number of rotatable bonds is 10. The van der Waals surface area contributed by atoms with Crippen molar-refractivity contribution in [2.45, 2.75) is 59.0 Å². The largest absolute Gasteiger partial charge is 0.478 e. The van der Waals surface area contributed by atoms with Crippen molar-refractivity contribution in [3.05, 3.63) is 81.8 Å². The highest BCUT2D eigenvalue weighted by Gasteiger charge is 2.20. The smallest absolute Gasteiger partial charge is 0.336 e. The van der Waals surface area contributed by atoms with E-state index in [1.54, 1.807) is 12.1 Å². The van der Waals surface area contributed by atoms with Gasteiger partial charge in [-0.2, -0.15) is 4.39 Å². The lowest BCUT2D eigenvalue weighted by Crippen LogP contribution is -2.26. The second-order valence-corrected chi connectivity index (χ2v) is 7.77. The molecule has 0 saturated carbocycles. The first-order valence-corrected chi connectivity index (χ1v) is 10.9. The van der Waals surface area contributed by atoms with Gasteiger partial charge in [0.1, 0.15) is 0 Å². The summed E-state index contributed by atoms with van der Waals surface area (Å²) in [5.41, 5.74) is 2.27. The van der Waals surface area contributed by atoms with E-state index in [4.69, 9.17) is 0 Å². The van der Waals surface area contributed by atoms with Crippen molar-refractivity contribution in [2.75, 3.05) is 0 Å². The normalized spacial score (nSPS) is 11.1. The van der Waals surface area contributed by atoms with Gasteiger partial charge >= 0.3 is 11.7 Å². The summed E-state index contributed by atoms with van der Waals surface area (Å²) in [4.78, 5) is 24.9. The summed E-state index contributed by atoms with van der Waals surface area (Å²) in [7, 11) is 0. The minimum Gasteiger partial charge on any atom is -0.478 e. The number of carbonyl (C=O) groups is 1. The van der Waals surface area contributed by atoms with Gasteiger partial charge in [-0.05, 0) is 42.0 Å². The average Bonchev–Trinajstić information content (AvgIpc) is 3.00. The lowest BCUT2D eigenvalue weighted by atomic mass is 9.97. The SMILES string of the molecule is CCCCc1c(F)n(CCCC)c(=O)n1Cc1ccc(-c2ccccc2)c(C(=O)O)c1. The molecule has 5 nitrogen and oxygen atoms in total. The van der Waals surface area contributed by atoms with Crippen LogP contribution in [0.3, 0.4) is 0 Å². The Kier molecular flexibility index (Phi) is 7.45. The van der Waals surface area contributed by atoms with E-state index < -0.39 is 11.9 Å². The minimum atomic E-state index is -1.04. The Morgan fingerprint density at radius 1 is 1.00 bits per heavy atom. The summed E-state index contributed by atoms with van der Waals surface area (Å²) >= 11 is 0. The molecule has 0 aliphatic carbocycles. The van der Waals surface area contributed by atoms with Crippen molar-refractivity contribution in [1.82, 2.24) is 9.13 Å². The lowest BCUT2D eigenvalue weighted by molar-refractivity contribution is 0.0697. The van der Waals surface area contributed by atoms with Crippen LogP contribution in [0.1, 0.15) is 61.1 Å². The Balaban J connectivity index is 2.02. The van der Waals surface area contributed by atoms with Gasteiger partial charge in [-0.3, -0.25) is 9.13 Å². The van der Waals surface area contributed by atoms with Crippen LogP contribution < -0.4 is 5.69 Å². The number of nitrogens with zero attached hydrogens (tertiary/aromatic N) is 2. The highest BCUT2D eigenvalue weighted by molar-refractivity contribution is 5.96. The van der Waals surface area contributed by atoms with Gasteiger partial charge in [-0.25, -0.2) is 9.59 Å². The van der Waals surface area contributed by atoms with E-state index in [1.807, 2.05) is 50.2 Å². The summed E-state index contributed by atoms with van der Waals surface area (Å²) in [5, 5.41) is 9.76. The van der Waals surface area contributed by atoms with Gasteiger partial charge in [0.2, 0.25) is 5.95 Å². The first-order chi connectivity index (χ1) is 15.0. The van der Waals surface area contributed by atoms with E-state index in [0.29, 0.717) is 29.8 Å². The maximum absolute atomic E-state index is 15.0. The van der Waals surface area contributed by atoms with E-state index in [-0.39, 0.29) is 17.8 Å². The maximum Gasteiger partial charge on any atom is 0.336 e. The van der Waals surface area contributed by atoms with E-state index in [2.05, 4.69) is 0 Å². The molecule has 2 aromatic carbocycles. The zero-order chi connectivity index (χ0) is 22.4. The van der Waals surface area contributed by atoms with Gasteiger partial charge in [0.05, 0.1) is 17.8 Å². The number of hydrogen-bond acceptors (Lipinski definition) is 2. The molecule has 3 rings (SSSR count). The van der Waals surface area contributed by atoms with E-state index in [9.17, 15) is 14.7 Å². The summed E-state index contributed by atoms with van der Waals surface area (Å²) in [6.07, 6.45) is 3.74. The van der Waals surface area contributed by atoms with Crippen LogP contribution in [-0.4, -0.2) is 20.2 Å². The van der Waals surface area contributed by atoms with Gasteiger partial charge in [0.15, 0.2) is 0 Å². The molecule has 0 radical (unpaired) electrons. The number of carboxylic acid groups (broad SMARTS) is 1. The molecule has 0 atom stereocenters. The Labute approximate surface area is 181 Å². The topological polar surface area (TPSA) is 64.2 Å². The Bertz CT molecular complexity index is 1100. The number of unbranched alkanes of at least 4 members (excludes halogenated alkanes) is 2. The standard InChI is InChI=1S/C25H29FN2O3/c1-3-5-12-22-23(26)27(15-6-4-2)25(31)28(22)17-18-13-14-20(21(16-18)24(29)30)19-10-8-7-9-11-19/h7-11,13-14,16H,3-6,12,15,17H2,1-2H3,(H,29,30). The fraction of sp³-hybridized carbons (Fsp3) is 0.360. The van der Waals surface area contributed by atoms with E-state index in [1.165, 1.54) is 9.13 Å². The fourth-order valence-corrected chi connectivity index (χ4v) is 3.79. The molecule has 0 unspecified atom stereocenters. The number of imidazole rings is 1. The molecule has 3 aromatic rings. The molecule has 6 heteroatoms. The van der Waals surface area contributed by atoms with Crippen LogP contribution in [0, 0.1) is 5.95 Å². The second kappa shape index (κ2) is 10.2. The Morgan fingerprint density at radius 3 is 2.35 bits per heavy atom. The quantitative estimate of drug-likeness (QED) is 0.477. The van der Waals surface area contributed by atoms with Crippen molar-refractivity contribution in [1.29, 1.82) is 0 Å². The molecule has 0 amide bonds. The lowest BCUT2D eigenvalue weighted by Gasteiger charge is -2.11. The molecule has 1 N–H and O–H groups in total. The van der Waals surface area contributed by atoms with Crippen LogP contribution >= 0.6 is 0 Å². The number of halogens is 1. The predicted octanol–water partition coefficient (Wildman–Crippen LogP) is 5.35. The summed E-state index contributed by atoms with van der Waals surface area (Å²) in [5.74, 6) is -1.50. The first-order valence-electron chi connectivity index (χ1n) is 10.9. The van der Waals surface area contributed by atoms with Crippen LogP contribution in [-0.2, 0) is 19.5 Å². The van der Waals surface area contributed by atoms with Crippen molar-refractivity contribution in [3.63, 3.8) is 0 Å². The number of aromatic carboxylic acids is 1. The Hall–Kier alpha value is -3.15. The maximum atomic E-state index is 15.0. The number of benzene rings is 2. The number of aromatic nitrogens is 2. The summed E-state index contributed by atoms with van der Waals surface area (Å²) < 4.78 is 17.7. The highest BCUT2D eigenvalue weighted by atomic mass is 19.1. The molecule has 0 spiro atoms. The highest BCUT2D eigenvalue weighted by Crippen LogP contribution is 2.25. The molecule has 1 aromatic heterocycles. The molecule has 31 heavy (non-hydrogen) atoms. The summed E-state index contributed by atoms with van der Waals surface area (Å²) in [6.45, 7) is 4.51. The zero-order valence-electron chi connectivity index (χ0n) is 18.1. The average molecular weight is 425 g/mol. The molecule has 164 valence electrons. The van der Waals surface area contributed by atoms with Crippen molar-refractivity contribution < 1.29 is 14.3 Å². The fourth-order valence-electron chi connectivity index (χ4n) is 3.79. The molecule has 0 aliphatic heterocycles. The molecule has 0 bridgehead atoms. The Morgan fingerprint density at radius 2 is 1.71 bits per heavy atom. The minimum absolute atomic E-state index is 0.142. The molecule has 0 saturated heterocycles. The summed E-state index contributed by atoms with van der Waals surface area (Å²) in [6, 6.07) is 14.5. The van der Waals surface area contributed by atoms with Crippen LogP contribution in [0.5, 0.6) is 0 Å². The number of hydrogen-bond donors (Lipinski definition) is 1. The second-order valence-electron chi connectivity index (χ2n) is 7.77. The van der Waals surface area contributed by atoms with E-state index >= 15 is 4.39 Å². The third-order valence-corrected chi connectivity index (χ3v) is 5.51.